The molecule has 2 nitrogen and oxygen atoms in total. The van der Waals surface area contributed by atoms with Crippen molar-refractivity contribution >= 4 is 55.1 Å². The third-order valence-corrected chi connectivity index (χ3v) is 17.1. The molecule has 8 aromatic rings. The Bertz CT molecular complexity index is 2830. The fourth-order valence-electron chi connectivity index (χ4n) is 13.6. The summed E-state index contributed by atoms with van der Waals surface area (Å²) in [5, 5.41) is 8.12. The number of anilines is 4. The molecule has 2 aliphatic heterocycles. The van der Waals surface area contributed by atoms with Crippen LogP contribution in [0.2, 0.25) is 0 Å². The van der Waals surface area contributed by atoms with Crippen molar-refractivity contribution in [2.45, 2.75) is 115 Å². The average molecular weight is 781 g/mol. The number of benzene rings is 8. The van der Waals surface area contributed by atoms with Crippen LogP contribution in [0.15, 0.2) is 133 Å². The molecule has 8 aromatic carbocycles. The van der Waals surface area contributed by atoms with E-state index in [1.807, 2.05) is 0 Å². The first kappa shape index (κ1) is 36.3. The predicted molar refractivity (Wildman–Crippen MR) is 256 cm³/mol. The number of para-hydroxylation sites is 2. The Hall–Kier alpha value is -5.60. The van der Waals surface area contributed by atoms with Gasteiger partial charge in [0.05, 0.1) is 11.1 Å². The minimum atomic E-state index is 0.0279. The first-order valence-electron chi connectivity index (χ1n) is 22.8. The summed E-state index contributed by atoms with van der Waals surface area (Å²) in [6.45, 7) is 14.9. The molecule has 2 saturated carbocycles. The Labute approximate surface area is 356 Å². The van der Waals surface area contributed by atoms with Crippen molar-refractivity contribution in [3.8, 4) is 22.3 Å². The lowest BCUT2D eigenvalue weighted by Crippen LogP contribution is -2.54. The maximum Gasteiger partial charge on any atom is 0.0518 e. The lowest BCUT2D eigenvalue weighted by molar-refractivity contribution is 0.195. The van der Waals surface area contributed by atoms with Crippen LogP contribution < -0.4 is 9.80 Å². The van der Waals surface area contributed by atoms with Crippen LogP contribution in [0.5, 0.6) is 0 Å². The van der Waals surface area contributed by atoms with Crippen LogP contribution in [0, 0.1) is 13.8 Å². The quantitative estimate of drug-likeness (QED) is 0.164. The minimum Gasteiger partial charge on any atom is -0.334 e. The molecule has 2 aliphatic carbocycles. The first-order valence-corrected chi connectivity index (χ1v) is 22.8. The predicted octanol–water partition coefficient (Wildman–Crippen LogP) is 16.0. The van der Waals surface area contributed by atoms with Gasteiger partial charge >= 0.3 is 0 Å². The molecule has 0 spiro atoms. The standard InChI is InChI=1S/C58H56N2/c1-37-33-41(35-49-53(37)59(43-17-9-7-10-18-43)57(5)31-15-13-29-55(49,57)3)45-25-21-39-24-28-48-46(26-22-40-23-27-47(45)51(39)52(40)48)42-34-38(2)54-50(36-42)56(4)30-14-16-32-58(56,6)60(54)44-19-11-8-12-20-44/h7-12,17-28,33-36H,13-16,29-32H2,1-6H3. The van der Waals surface area contributed by atoms with E-state index in [1.54, 1.807) is 0 Å². The molecule has 0 N–H and O–H groups in total. The maximum absolute atomic E-state index is 2.72. The van der Waals surface area contributed by atoms with E-state index < -0.39 is 0 Å². The van der Waals surface area contributed by atoms with Gasteiger partial charge in [-0.1, -0.05) is 124 Å². The molecule has 0 amide bonds. The summed E-state index contributed by atoms with van der Waals surface area (Å²) in [5.74, 6) is 0. The van der Waals surface area contributed by atoms with Gasteiger partial charge in [-0.05, 0) is 179 Å². The highest BCUT2D eigenvalue weighted by atomic mass is 15.3. The molecular formula is C58H56N2. The highest BCUT2D eigenvalue weighted by Gasteiger charge is 2.59. The minimum absolute atomic E-state index is 0.0279. The lowest BCUT2D eigenvalue weighted by atomic mass is 9.61. The molecule has 4 atom stereocenters. The van der Waals surface area contributed by atoms with Gasteiger partial charge in [-0.25, -0.2) is 0 Å². The van der Waals surface area contributed by atoms with E-state index in [-0.39, 0.29) is 21.9 Å². The zero-order valence-electron chi connectivity index (χ0n) is 36.3. The summed E-state index contributed by atoms with van der Waals surface area (Å²) in [5.41, 5.74) is 16.8. The van der Waals surface area contributed by atoms with Crippen LogP contribution in [-0.2, 0) is 10.8 Å². The fourth-order valence-corrected chi connectivity index (χ4v) is 13.6. The van der Waals surface area contributed by atoms with Crippen LogP contribution in [0.4, 0.5) is 22.7 Å². The van der Waals surface area contributed by atoms with Gasteiger partial charge in [0.1, 0.15) is 0 Å². The van der Waals surface area contributed by atoms with Gasteiger partial charge in [-0.2, -0.15) is 0 Å². The lowest BCUT2D eigenvalue weighted by Gasteiger charge is -2.50. The molecule has 2 fully saturated rings. The molecular weight excluding hydrogens is 725 g/mol. The largest absolute Gasteiger partial charge is 0.334 e. The zero-order valence-corrected chi connectivity index (χ0v) is 36.3. The second-order valence-electron chi connectivity index (χ2n) is 20.0. The Balaban J connectivity index is 1.04. The third-order valence-electron chi connectivity index (χ3n) is 17.1. The molecule has 4 aliphatic rings. The summed E-state index contributed by atoms with van der Waals surface area (Å²) >= 11 is 0. The first-order chi connectivity index (χ1) is 29.1. The van der Waals surface area contributed by atoms with Crippen LogP contribution in [0.25, 0.3) is 54.6 Å². The molecule has 60 heavy (non-hydrogen) atoms. The summed E-state index contributed by atoms with van der Waals surface area (Å²) in [6.07, 6.45) is 9.97. The molecule has 0 saturated heterocycles. The van der Waals surface area contributed by atoms with Crippen LogP contribution in [0.1, 0.15) is 101 Å². The summed E-state index contributed by atoms with van der Waals surface area (Å²) in [6, 6.07) is 51.7. The van der Waals surface area contributed by atoms with Gasteiger partial charge in [0.15, 0.2) is 0 Å². The average Bonchev–Trinajstić information content (AvgIpc) is 3.61. The number of aryl methyl sites for hydroxylation is 2. The molecule has 0 radical (unpaired) electrons. The number of rotatable bonds is 4. The van der Waals surface area contributed by atoms with E-state index >= 15 is 0 Å². The van der Waals surface area contributed by atoms with Crippen LogP contribution >= 0.6 is 0 Å². The molecule has 12 rings (SSSR count). The van der Waals surface area contributed by atoms with Crippen molar-refractivity contribution in [1.82, 2.24) is 0 Å². The van der Waals surface area contributed by atoms with Crippen molar-refractivity contribution in [2.24, 2.45) is 0 Å². The molecule has 298 valence electrons. The number of hydrogen-bond donors (Lipinski definition) is 0. The van der Waals surface area contributed by atoms with Gasteiger partial charge in [-0.3, -0.25) is 0 Å². The Morgan fingerprint density at radius 2 is 0.800 bits per heavy atom. The fraction of sp³-hybridized carbons (Fsp3) is 0.310. The van der Waals surface area contributed by atoms with Gasteiger partial charge in [-0.15, -0.1) is 0 Å². The van der Waals surface area contributed by atoms with Gasteiger partial charge in [0.25, 0.3) is 0 Å². The summed E-state index contributed by atoms with van der Waals surface area (Å²) in [7, 11) is 0. The maximum atomic E-state index is 2.72. The second-order valence-corrected chi connectivity index (χ2v) is 20.0. The molecule has 0 aromatic heterocycles. The molecule has 0 bridgehead atoms. The topological polar surface area (TPSA) is 6.48 Å². The smallest absolute Gasteiger partial charge is 0.0518 e. The second kappa shape index (κ2) is 12.5. The van der Waals surface area contributed by atoms with E-state index in [0.717, 1.165) is 0 Å². The normalized spacial score (nSPS) is 25.8. The van der Waals surface area contributed by atoms with E-state index in [2.05, 4.69) is 185 Å². The van der Waals surface area contributed by atoms with E-state index in [9.17, 15) is 0 Å². The zero-order chi connectivity index (χ0) is 40.8. The summed E-state index contributed by atoms with van der Waals surface area (Å²) in [4.78, 5) is 5.45. The monoisotopic (exact) mass is 780 g/mol. The Kier molecular flexibility index (Phi) is 7.54. The SMILES string of the molecule is Cc1cc(-c2ccc3ccc4c(-c5cc(C)c6c(c5)C5(C)CCCCC5(C)N6c5ccccc5)ccc5ccc2c3c54)cc2c1N(c1ccccc1)C1(C)CCCCC21C. The van der Waals surface area contributed by atoms with Crippen LogP contribution in [0.3, 0.4) is 0 Å². The Morgan fingerprint density at radius 3 is 1.22 bits per heavy atom. The highest BCUT2D eigenvalue weighted by Crippen LogP contribution is 2.64. The van der Waals surface area contributed by atoms with Crippen molar-refractivity contribution in [3.05, 3.63) is 156 Å². The molecule has 2 heteroatoms. The molecule has 4 unspecified atom stereocenters. The highest BCUT2D eigenvalue weighted by molar-refractivity contribution is 6.27. The van der Waals surface area contributed by atoms with Gasteiger partial charge in [0.2, 0.25) is 0 Å². The van der Waals surface area contributed by atoms with Crippen molar-refractivity contribution in [1.29, 1.82) is 0 Å². The molecule has 2 heterocycles. The van der Waals surface area contributed by atoms with Gasteiger partial charge < -0.3 is 9.80 Å². The Morgan fingerprint density at radius 1 is 0.417 bits per heavy atom. The van der Waals surface area contributed by atoms with E-state index in [4.69, 9.17) is 0 Å². The van der Waals surface area contributed by atoms with Crippen LogP contribution in [-0.4, -0.2) is 11.1 Å². The van der Waals surface area contributed by atoms with E-state index in [1.165, 1.54) is 151 Å². The van der Waals surface area contributed by atoms with E-state index in [0.29, 0.717) is 0 Å². The number of fused-ring (bicyclic) bond motifs is 6. The number of nitrogens with zero attached hydrogens (tertiary/aromatic N) is 2. The van der Waals surface area contributed by atoms with Crippen molar-refractivity contribution in [3.63, 3.8) is 0 Å². The van der Waals surface area contributed by atoms with Crippen molar-refractivity contribution in [2.75, 3.05) is 9.80 Å². The summed E-state index contributed by atoms with van der Waals surface area (Å²) < 4.78 is 0. The van der Waals surface area contributed by atoms with Crippen molar-refractivity contribution < 1.29 is 0 Å². The number of hydrogen-bond acceptors (Lipinski definition) is 2. The van der Waals surface area contributed by atoms with Gasteiger partial charge in [0, 0.05) is 33.6 Å². The third kappa shape index (κ3) is 4.55.